The molecule has 1 aliphatic heterocycles. The van der Waals surface area contributed by atoms with Crippen LogP contribution >= 0.6 is 0 Å². The van der Waals surface area contributed by atoms with E-state index in [1.807, 2.05) is 0 Å². The van der Waals surface area contributed by atoms with Crippen molar-refractivity contribution < 1.29 is 9.50 Å². The molecule has 3 heteroatoms. The van der Waals surface area contributed by atoms with Crippen LogP contribution in [0.1, 0.15) is 12.5 Å². The number of hydrogen-bond acceptors (Lipinski definition) is 2. The van der Waals surface area contributed by atoms with Crippen molar-refractivity contribution >= 4 is 5.69 Å². The summed E-state index contributed by atoms with van der Waals surface area (Å²) in [5, 5.41) is 12.7. The van der Waals surface area contributed by atoms with E-state index in [2.05, 4.69) is 5.32 Å². The summed E-state index contributed by atoms with van der Waals surface area (Å²) in [6.07, 6.45) is 0.579. The third-order valence-corrected chi connectivity index (χ3v) is 2.30. The van der Waals surface area contributed by atoms with Gasteiger partial charge in [0, 0.05) is 18.7 Å². The fraction of sp³-hybridized carbons (Fsp3) is 0.400. The van der Waals surface area contributed by atoms with Gasteiger partial charge in [-0.2, -0.15) is 0 Å². The number of anilines is 1. The van der Waals surface area contributed by atoms with Gasteiger partial charge in [-0.15, -0.1) is 0 Å². The van der Waals surface area contributed by atoms with E-state index in [0.29, 0.717) is 13.0 Å². The lowest BCUT2D eigenvalue weighted by atomic mass is 9.91. The van der Waals surface area contributed by atoms with Gasteiger partial charge in [0.1, 0.15) is 5.82 Å². The highest BCUT2D eigenvalue weighted by atomic mass is 19.1. The Morgan fingerprint density at radius 1 is 1.54 bits per heavy atom. The number of rotatable bonds is 0. The molecule has 1 aromatic carbocycles. The Morgan fingerprint density at radius 3 is 3.08 bits per heavy atom. The molecule has 1 atom stereocenters. The summed E-state index contributed by atoms with van der Waals surface area (Å²) >= 11 is 0. The zero-order chi connectivity index (χ0) is 9.47. The van der Waals surface area contributed by atoms with Gasteiger partial charge in [0.05, 0.1) is 5.60 Å². The molecular weight excluding hydrogens is 169 g/mol. The predicted molar refractivity (Wildman–Crippen MR) is 49.2 cm³/mol. The van der Waals surface area contributed by atoms with Gasteiger partial charge in [0.2, 0.25) is 0 Å². The SMILES string of the molecule is CC1(O)CNc2cc(F)ccc2C1. The number of β-amino-alcohol motifs (C(OH)–C–C–N with tert-alkyl or cyclic N) is 1. The van der Waals surface area contributed by atoms with Crippen LogP contribution in [0.4, 0.5) is 10.1 Å². The van der Waals surface area contributed by atoms with Gasteiger partial charge in [-0.1, -0.05) is 6.07 Å². The van der Waals surface area contributed by atoms with E-state index >= 15 is 0 Å². The minimum absolute atomic E-state index is 0.243. The van der Waals surface area contributed by atoms with Crippen LogP contribution in [0.5, 0.6) is 0 Å². The lowest BCUT2D eigenvalue weighted by Crippen LogP contribution is -2.39. The van der Waals surface area contributed by atoms with Crippen LogP contribution in [0.3, 0.4) is 0 Å². The molecule has 0 amide bonds. The van der Waals surface area contributed by atoms with Crippen LogP contribution in [0.25, 0.3) is 0 Å². The summed E-state index contributed by atoms with van der Waals surface area (Å²) in [6.45, 7) is 2.25. The summed E-state index contributed by atoms with van der Waals surface area (Å²) in [6, 6.07) is 4.60. The average Bonchev–Trinajstić information content (AvgIpc) is 2.05. The molecule has 2 rings (SSSR count). The van der Waals surface area contributed by atoms with Crippen molar-refractivity contribution in [1.82, 2.24) is 0 Å². The Hall–Kier alpha value is -1.09. The predicted octanol–water partition coefficient (Wildman–Crippen LogP) is 1.54. The third-order valence-electron chi connectivity index (χ3n) is 2.30. The summed E-state index contributed by atoms with van der Waals surface area (Å²) in [5.74, 6) is -0.243. The van der Waals surface area contributed by atoms with Crippen molar-refractivity contribution in [3.8, 4) is 0 Å². The molecule has 0 saturated heterocycles. The maximum absolute atomic E-state index is 12.8. The van der Waals surface area contributed by atoms with Crippen LogP contribution in [-0.4, -0.2) is 17.3 Å². The molecule has 1 aliphatic rings. The minimum Gasteiger partial charge on any atom is -0.388 e. The molecule has 13 heavy (non-hydrogen) atoms. The van der Waals surface area contributed by atoms with Gasteiger partial charge in [-0.3, -0.25) is 0 Å². The summed E-state index contributed by atoms with van der Waals surface area (Å²) in [5.41, 5.74) is 1.05. The quantitative estimate of drug-likeness (QED) is 0.636. The van der Waals surface area contributed by atoms with Gasteiger partial charge >= 0.3 is 0 Å². The van der Waals surface area contributed by atoms with Crippen molar-refractivity contribution in [2.24, 2.45) is 0 Å². The molecule has 0 spiro atoms. The average molecular weight is 181 g/mol. The molecular formula is C10H12FNO. The highest BCUT2D eigenvalue weighted by Gasteiger charge is 2.26. The smallest absolute Gasteiger partial charge is 0.125 e. The second-order valence-corrected chi connectivity index (χ2v) is 3.83. The first-order chi connectivity index (χ1) is 6.07. The van der Waals surface area contributed by atoms with E-state index in [1.165, 1.54) is 12.1 Å². The lowest BCUT2D eigenvalue weighted by Gasteiger charge is -2.31. The van der Waals surface area contributed by atoms with Crippen molar-refractivity contribution in [2.75, 3.05) is 11.9 Å². The number of hydrogen-bond donors (Lipinski definition) is 2. The first-order valence-corrected chi connectivity index (χ1v) is 4.31. The minimum atomic E-state index is -0.717. The molecule has 0 fully saturated rings. The number of fused-ring (bicyclic) bond motifs is 1. The second-order valence-electron chi connectivity index (χ2n) is 3.83. The van der Waals surface area contributed by atoms with E-state index < -0.39 is 5.60 Å². The van der Waals surface area contributed by atoms with E-state index in [4.69, 9.17) is 0 Å². The molecule has 2 nitrogen and oxygen atoms in total. The van der Waals surface area contributed by atoms with Gasteiger partial charge in [0.25, 0.3) is 0 Å². The van der Waals surface area contributed by atoms with Gasteiger partial charge in [-0.05, 0) is 24.6 Å². The summed E-state index contributed by atoms with van der Waals surface area (Å²) in [4.78, 5) is 0. The molecule has 2 N–H and O–H groups in total. The normalized spacial score (nSPS) is 26.4. The Kier molecular flexibility index (Phi) is 1.77. The van der Waals surface area contributed by atoms with Crippen molar-refractivity contribution in [3.63, 3.8) is 0 Å². The number of halogens is 1. The fourth-order valence-corrected chi connectivity index (χ4v) is 1.63. The summed E-state index contributed by atoms with van der Waals surface area (Å²) < 4.78 is 12.8. The monoisotopic (exact) mass is 181 g/mol. The van der Waals surface area contributed by atoms with Gasteiger partial charge in [0.15, 0.2) is 0 Å². The Labute approximate surface area is 76.4 Å². The molecule has 1 aromatic rings. The zero-order valence-electron chi connectivity index (χ0n) is 7.47. The first kappa shape index (κ1) is 8.51. The molecule has 0 radical (unpaired) electrons. The zero-order valence-corrected chi connectivity index (χ0v) is 7.47. The van der Waals surface area contributed by atoms with E-state index in [0.717, 1.165) is 11.3 Å². The topological polar surface area (TPSA) is 32.3 Å². The fourth-order valence-electron chi connectivity index (χ4n) is 1.63. The maximum atomic E-state index is 12.8. The Balaban J connectivity index is 2.37. The lowest BCUT2D eigenvalue weighted by molar-refractivity contribution is 0.0710. The maximum Gasteiger partial charge on any atom is 0.125 e. The van der Waals surface area contributed by atoms with Crippen molar-refractivity contribution in [3.05, 3.63) is 29.6 Å². The van der Waals surface area contributed by atoms with Gasteiger partial charge < -0.3 is 10.4 Å². The number of nitrogens with one attached hydrogen (secondary N) is 1. The molecule has 1 heterocycles. The highest BCUT2D eigenvalue weighted by molar-refractivity contribution is 5.54. The molecule has 0 aromatic heterocycles. The summed E-state index contributed by atoms with van der Waals surface area (Å²) in [7, 11) is 0. The number of benzene rings is 1. The molecule has 1 unspecified atom stereocenters. The Bertz CT molecular complexity index is 336. The number of aliphatic hydroxyl groups is 1. The van der Waals surface area contributed by atoms with Crippen LogP contribution in [0.2, 0.25) is 0 Å². The van der Waals surface area contributed by atoms with E-state index in [9.17, 15) is 9.50 Å². The van der Waals surface area contributed by atoms with E-state index in [1.54, 1.807) is 13.0 Å². The van der Waals surface area contributed by atoms with Crippen molar-refractivity contribution in [2.45, 2.75) is 18.9 Å². The van der Waals surface area contributed by atoms with Crippen LogP contribution in [0, 0.1) is 5.82 Å². The van der Waals surface area contributed by atoms with Crippen molar-refractivity contribution in [1.29, 1.82) is 0 Å². The molecule has 70 valence electrons. The van der Waals surface area contributed by atoms with Crippen LogP contribution in [-0.2, 0) is 6.42 Å². The molecule has 0 bridgehead atoms. The second kappa shape index (κ2) is 2.70. The molecule has 0 aliphatic carbocycles. The van der Waals surface area contributed by atoms with Crippen LogP contribution < -0.4 is 5.32 Å². The largest absolute Gasteiger partial charge is 0.388 e. The third kappa shape index (κ3) is 1.65. The first-order valence-electron chi connectivity index (χ1n) is 4.31. The highest BCUT2D eigenvalue weighted by Crippen LogP contribution is 2.27. The van der Waals surface area contributed by atoms with Gasteiger partial charge in [-0.25, -0.2) is 4.39 Å². The standard InChI is InChI=1S/C10H12FNO/c1-10(13)5-7-2-3-8(11)4-9(7)12-6-10/h2-4,12-13H,5-6H2,1H3. The Morgan fingerprint density at radius 2 is 2.31 bits per heavy atom. The van der Waals surface area contributed by atoms with Crippen LogP contribution in [0.15, 0.2) is 18.2 Å². The van der Waals surface area contributed by atoms with E-state index in [-0.39, 0.29) is 5.82 Å². The molecule has 0 saturated carbocycles.